The first-order valence-corrected chi connectivity index (χ1v) is 7.61. The van der Waals surface area contributed by atoms with Gasteiger partial charge in [0.1, 0.15) is 0 Å². The van der Waals surface area contributed by atoms with Crippen molar-refractivity contribution in [3.05, 3.63) is 0 Å². The second-order valence-corrected chi connectivity index (χ2v) is 6.64. The van der Waals surface area contributed by atoms with Crippen molar-refractivity contribution < 1.29 is 4.79 Å². The van der Waals surface area contributed by atoms with Crippen LogP contribution in [0.5, 0.6) is 0 Å². The summed E-state index contributed by atoms with van der Waals surface area (Å²) in [6, 6.07) is 0.376. The Bertz CT molecular complexity index is 230. The third-order valence-electron chi connectivity index (χ3n) is 3.38. The molecular formula is C16H33NO. The Hall–Kier alpha value is -0.530. The summed E-state index contributed by atoms with van der Waals surface area (Å²) in [6.45, 7) is 13.9. The molecule has 1 amide bonds. The van der Waals surface area contributed by atoms with Crippen LogP contribution in [0, 0.1) is 5.41 Å². The zero-order chi connectivity index (χ0) is 14.2. The van der Waals surface area contributed by atoms with E-state index >= 15 is 0 Å². The third kappa shape index (κ3) is 7.73. The summed E-state index contributed by atoms with van der Waals surface area (Å²) in [5, 5.41) is 0. The van der Waals surface area contributed by atoms with Gasteiger partial charge in [0.05, 0.1) is 0 Å². The lowest BCUT2D eigenvalue weighted by atomic mass is 9.91. The number of carbonyl (C=O) groups is 1. The predicted octanol–water partition coefficient (Wildman–Crippen LogP) is 4.63. The van der Waals surface area contributed by atoms with Gasteiger partial charge in [0, 0.05) is 19.0 Å². The summed E-state index contributed by atoms with van der Waals surface area (Å²) in [6.07, 6.45) is 6.62. The molecule has 1 unspecified atom stereocenters. The third-order valence-corrected chi connectivity index (χ3v) is 3.38. The first-order valence-electron chi connectivity index (χ1n) is 7.61. The molecule has 1 atom stereocenters. The number of hydrogen-bond acceptors (Lipinski definition) is 1. The molecule has 0 radical (unpaired) electrons. The Labute approximate surface area is 114 Å². The zero-order valence-corrected chi connectivity index (χ0v) is 13.4. The standard InChI is InChI=1S/C16H33NO/c1-7-9-10-11-12-17(14(3)8-2)15(18)13-16(4,5)6/h14H,7-13H2,1-6H3. The second-order valence-electron chi connectivity index (χ2n) is 6.64. The molecule has 0 bridgehead atoms. The molecule has 0 aliphatic rings. The van der Waals surface area contributed by atoms with E-state index in [1.165, 1.54) is 19.3 Å². The van der Waals surface area contributed by atoms with Crippen molar-refractivity contribution >= 4 is 5.91 Å². The van der Waals surface area contributed by atoms with Gasteiger partial charge in [-0.05, 0) is 25.2 Å². The van der Waals surface area contributed by atoms with E-state index in [0.717, 1.165) is 19.4 Å². The number of unbranched alkanes of at least 4 members (excludes halogenated alkanes) is 3. The van der Waals surface area contributed by atoms with Gasteiger partial charge in [0.2, 0.25) is 5.91 Å². The molecule has 0 aromatic rings. The Morgan fingerprint density at radius 3 is 2.17 bits per heavy atom. The fraction of sp³-hybridized carbons (Fsp3) is 0.938. The van der Waals surface area contributed by atoms with Crippen LogP contribution in [0.15, 0.2) is 0 Å². The number of hydrogen-bond donors (Lipinski definition) is 0. The molecule has 0 aliphatic heterocycles. The van der Waals surface area contributed by atoms with Gasteiger partial charge < -0.3 is 4.90 Å². The van der Waals surface area contributed by atoms with Gasteiger partial charge in [-0.25, -0.2) is 0 Å². The molecule has 0 saturated heterocycles. The van der Waals surface area contributed by atoms with Crippen LogP contribution in [0.25, 0.3) is 0 Å². The molecule has 0 aromatic heterocycles. The molecule has 0 fully saturated rings. The molecule has 0 N–H and O–H groups in total. The summed E-state index contributed by atoms with van der Waals surface area (Å²) in [5.41, 5.74) is 0.0895. The fourth-order valence-electron chi connectivity index (χ4n) is 2.08. The first-order chi connectivity index (χ1) is 8.31. The lowest BCUT2D eigenvalue weighted by molar-refractivity contribution is -0.135. The number of amides is 1. The van der Waals surface area contributed by atoms with Gasteiger partial charge in [0.25, 0.3) is 0 Å². The Kier molecular flexibility index (Phi) is 8.30. The summed E-state index contributed by atoms with van der Waals surface area (Å²) in [5.74, 6) is 0.327. The van der Waals surface area contributed by atoms with E-state index < -0.39 is 0 Å². The Morgan fingerprint density at radius 1 is 1.11 bits per heavy atom. The van der Waals surface area contributed by atoms with E-state index in [4.69, 9.17) is 0 Å². The van der Waals surface area contributed by atoms with Crippen LogP contribution in [-0.2, 0) is 4.79 Å². The number of carbonyl (C=O) groups excluding carboxylic acids is 1. The van der Waals surface area contributed by atoms with Crippen molar-refractivity contribution in [1.82, 2.24) is 4.90 Å². The molecule has 0 rings (SSSR count). The lowest BCUT2D eigenvalue weighted by Gasteiger charge is -2.31. The van der Waals surface area contributed by atoms with Gasteiger partial charge in [-0.3, -0.25) is 4.79 Å². The highest BCUT2D eigenvalue weighted by Gasteiger charge is 2.23. The summed E-state index contributed by atoms with van der Waals surface area (Å²) in [7, 11) is 0. The van der Waals surface area contributed by atoms with Crippen molar-refractivity contribution in [2.24, 2.45) is 5.41 Å². The van der Waals surface area contributed by atoms with Gasteiger partial charge in [-0.15, -0.1) is 0 Å². The van der Waals surface area contributed by atoms with E-state index in [1.807, 2.05) is 0 Å². The van der Waals surface area contributed by atoms with Gasteiger partial charge >= 0.3 is 0 Å². The van der Waals surface area contributed by atoms with Crippen LogP contribution in [0.3, 0.4) is 0 Å². The molecule has 0 saturated carbocycles. The molecule has 0 spiro atoms. The Morgan fingerprint density at radius 2 is 1.72 bits per heavy atom. The molecule has 0 heterocycles. The smallest absolute Gasteiger partial charge is 0.223 e. The minimum absolute atomic E-state index is 0.0895. The normalized spacial score (nSPS) is 13.4. The van der Waals surface area contributed by atoms with Crippen molar-refractivity contribution in [1.29, 1.82) is 0 Å². The molecule has 18 heavy (non-hydrogen) atoms. The van der Waals surface area contributed by atoms with E-state index in [1.54, 1.807) is 0 Å². The largest absolute Gasteiger partial charge is 0.340 e. The lowest BCUT2D eigenvalue weighted by Crippen LogP contribution is -2.40. The minimum atomic E-state index is 0.0895. The van der Waals surface area contributed by atoms with Crippen LogP contribution in [0.1, 0.15) is 80.1 Å². The van der Waals surface area contributed by atoms with Crippen LogP contribution in [0.4, 0.5) is 0 Å². The quantitative estimate of drug-likeness (QED) is 0.579. The highest BCUT2D eigenvalue weighted by atomic mass is 16.2. The molecule has 108 valence electrons. The van der Waals surface area contributed by atoms with E-state index in [0.29, 0.717) is 18.4 Å². The fourth-order valence-corrected chi connectivity index (χ4v) is 2.08. The molecule has 2 nitrogen and oxygen atoms in total. The van der Waals surface area contributed by atoms with Crippen molar-refractivity contribution in [2.45, 2.75) is 86.1 Å². The van der Waals surface area contributed by atoms with Crippen molar-refractivity contribution in [2.75, 3.05) is 6.54 Å². The maximum atomic E-state index is 12.3. The van der Waals surface area contributed by atoms with Crippen molar-refractivity contribution in [3.8, 4) is 0 Å². The maximum Gasteiger partial charge on any atom is 0.223 e. The monoisotopic (exact) mass is 255 g/mol. The van der Waals surface area contributed by atoms with Crippen LogP contribution >= 0.6 is 0 Å². The van der Waals surface area contributed by atoms with Crippen LogP contribution in [0.2, 0.25) is 0 Å². The van der Waals surface area contributed by atoms with Gasteiger partial charge in [-0.1, -0.05) is 53.9 Å². The van der Waals surface area contributed by atoms with Crippen LogP contribution < -0.4 is 0 Å². The number of rotatable bonds is 8. The van der Waals surface area contributed by atoms with Crippen LogP contribution in [-0.4, -0.2) is 23.4 Å². The van der Waals surface area contributed by atoms with Gasteiger partial charge in [-0.2, -0.15) is 0 Å². The average Bonchev–Trinajstić information content (AvgIpc) is 2.25. The van der Waals surface area contributed by atoms with E-state index in [-0.39, 0.29) is 5.41 Å². The molecular weight excluding hydrogens is 222 g/mol. The SMILES string of the molecule is CCCCCCN(C(=O)CC(C)(C)C)C(C)CC. The minimum Gasteiger partial charge on any atom is -0.340 e. The summed E-state index contributed by atoms with van der Waals surface area (Å²) < 4.78 is 0. The predicted molar refractivity (Wildman–Crippen MR) is 79.7 cm³/mol. The summed E-state index contributed by atoms with van der Waals surface area (Å²) >= 11 is 0. The average molecular weight is 255 g/mol. The number of nitrogens with zero attached hydrogens (tertiary/aromatic N) is 1. The highest BCUT2D eigenvalue weighted by Crippen LogP contribution is 2.21. The molecule has 0 aliphatic carbocycles. The highest BCUT2D eigenvalue weighted by molar-refractivity contribution is 5.77. The van der Waals surface area contributed by atoms with Crippen molar-refractivity contribution in [3.63, 3.8) is 0 Å². The van der Waals surface area contributed by atoms with E-state index in [2.05, 4.69) is 46.4 Å². The zero-order valence-electron chi connectivity index (χ0n) is 13.4. The van der Waals surface area contributed by atoms with Gasteiger partial charge in [0.15, 0.2) is 0 Å². The topological polar surface area (TPSA) is 20.3 Å². The van der Waals surface area contributed by atoms with E-state index in [9.17, 15) is 4.79 Å². The Balaban J connectivity index is 4.34. The second kappa shape index (κ2) is 8.55. The molecule has 2 heteroatoms. The molecule has 0 aromatic carbocycles. The first kappa shape index (κ1) is 17.5. The maximum absolute atomic E-state index is 12.3. The summed E-state index contributed by atoms with van der Waals surface area (Å²) in [4.78, 5) is 14.4.